The molecule has 1 rings (SSSR count). The first-order valence-corrected chi connectivity index (χ1v) is 7.24. The minimum atomic E-state index is -0.790. The highest BCUT2D eigenvalue weighted by atomic mass is 16.4. The van der Waals surface area contributed by atoms with Gasteiger partial charge in [0.25, 0.3) is 0 Å². The lowest BCUT2D eigenvalue weighted by Crippen LogP contribution is -2.46. The maximum atomic E-state index is 11.7. The predicted molar refractivity (Wildman–Crippen MR) is 74.0 cm³/mol. The summed E-state index contributed by atoms with van der Waals surface area (Å²) in [6.07, 6.45) is 3.85. The van der Waals surface area contributed by atoms with E-state index in [1.807, 2.05) is 0 Å². The first-order chi connectivity index (χ1) is 8.99. The Balaban J connectivity index is 2.11. The summed E-state index contributed by atoms with van der Waals surface area (Å²) in [6, 6.07) is 0.870. The molecule has 1 fully saturated rings. The van der Waals surface area contributed by atoms with Gasteiger partial charge in [-0.25, -0.2) is 0 Å². The van der Waals surface area contributed by atoms with Crippen LogP contribution in [0, 0.1) is 0 Å². The molecule has 0 atom stereocenters. The lowest BCUT2D eigenvalue weighted by molar-refractivity contribution is -0.137. The van der Waals surface area contributed by atoms with Gasteiger partial charge in [0.15, 0.2) is 0 Å². The summed E-state index contributed by atoms with van der Waals surface area (Å²) >= 11 is 0. The van der Waals surface area contributed by atoms with Crippen molar-refractivity contribution in [3.05, 3.63) is 0 Å². The number of carbonyl (C=O) groups is 2. The van der Waals surface area contributed by atoms with Crippen LogP contribution in [0.25, 0.3) is 0 Å². The molecule has 1 aliphatic heterocycles. The topological polar surface area (TPSA) is 69.6 Å². The Kier molecular flexibility index (Phi) is 6.84. The van der Waals surface area contributed by atoms with E-state index >= 15 is 0 Å². The molecule has 0 aliphatic carbocycles. The van der Waals surface area contributed by atoms with E-state index in [4.69, 9.17) is 5.11 Å². The molecule has 1 aliphatic rings. The molecule has 5 heteroatoms. The summed E-state index contributed by atoms with van der Waals surface area (Å²) in [6.45, 7) is 6.48. The zero-order valence-electron chi connectivity index (χ0n) is 12.0. The van der Waals surface area contributed by atoms with Crippen molar-refractivity contribution in [3.63, 3.8) is 0 Å². The molecule has 0 radical (unpaired) electrons. The van der Waals surface area contributed by atoms with Crippen molar-refractivity contribution < 1.29 is 14.7 Å². The average molecular weight is 270 g/mol. The highest BCUT2D eigenvalue weighted by Crippen LogP contribution is 2.13. The van der Waals surface area contributed by atoms with Gasteiger partial charge in [0.1, 0.15) is 0 Å². The summed E-state index contributed by atoms with van der Waals surface area (Å²) in [5.74, 6) is -0.727. The molecule has 0 unspecified atom stereocenters. The number of carboxylic acids is 1. The van der Waals surface area contributed by atoms with E-state index in [1.54, 1.807) is 0 Å². The summed E-state index contributed by atoms with van der Waals surface area (Å²) in [7, 11) is 0. The Bertz CT molecular complexity index is 297. The Morgan fingerprint density at radius 1 is 1.21 bits per heavy atom. The quantitative estimate of drug-likeness (QED) is 0.690. The Hall–Kier alpha value is -1.10. The SMILES string of the molecule is CC(C)N1CCC(NC(=O)CCCCC(=O)O)CC1. The van der Waals surface area contributed by atoms with Gasteiger partial charge in [0.05, 0.1) is 0 Å². The largest absolute Gasteiger partial charge is 0.481 e. The van der Waals surface area contributed by atoms with Gasteiger partial charge in [0.2, 0.25) is 5.91 Å². The van der Waals surface area contributed by atoms with E-state index in [0.717, 1.165) is 25.9 Å². The second-order valence-corrected chi connectivity index (χ2v) is 5.57. The van der Waals surface area contributed by atoms with E-state index in [0.29, 0.717) is 31.3 Å². The van der Waals surface area contributed by atoms with E-state index in [2.05, 4.69) is 24.1 Å². The molecule has 0 bridgehead atoms. The molecule has 1 saturated heterocycles. The van der Waals surface area contributed by atoms with Crippen LogP contribution < -0.4 is 5.32 Å². The molecule has 0 aromatic heterocycles. The van der Waals surface area contributed by atoms with E-state index < -0.39 is 5.97 Å². The first kappa shape index (κ1) is 16.0. The van der Waals surface area contributed by atoms with Gasteiger partial charge < -0.3 is 15.3 Å². The van der Waals surface area contributed by atoms with E-state index in [-0.39, 0.29) is 12.3 Å². The normalized spacial score (nSPS) is 17.6. The minimum Gasteiger partial charge on any atom is -0.481 e. The van der Waals surface area contributed by atoms with Crippen molar-refractivity contribution in [2.75, 3.05) is 13.1 Å². The summed E-state index contributed by atoms with van der Waals surface area (Å²) in [5, 5.41) is 11.6. The molecule has 19 heavy (non-hydrogen) atoms. The number of unbranched alkanes of at least 4 members (excludes halogenated alkanes) is 1. The lowest BCUT2D eigenvalue weighted by Gasteiger charge is -2.34. The second-order valence-electron chi connectivity index (χ2n) is 5.57. The number of likely N-dealkylation sites (tertiary alicyclic amines) is 1. The van der Waals surface area contributed by atoms with Gasteiger partial charge in [-0.3, -0.25) is 9.59 Å². The molecule has 2 N–H and O–H groups in total. The fourth-order valence-electron chi connectivity index (χ4n) is 2.42. The van der Waals surface area contributed by atoms with Crippen LogP contribution in [-0.2, 0) is 9.59 Å². The van der Waals surface area contributed by atoms with Crippen molar-refractivity contribution in [1.29, 1.82) is 0 Å². The minimum absolute atomic E-state index is 0.0633. The predicted octanol–water partition coefficient (Wildman–Crippen LogP) is 1.62. The highest BCUT2D eigenvalue weighted by Gasteiger charge is 2.21. The maximum Gasteiger partial charge on any atom is 0.303 e. The zero-order valence-corrected chi connectivity index (χ0v) is 12.0. The number of amides is 1. The number of hydrogen-bond donors (Lipinski definition) is 2. The average Bonchev–Trinajstić information content (AvgIpc) is 2.35. The van der Waals surface area contributed by atoms with Crippen molar-refractivity contribution in [2.45, 2.75) is 64.5 Å². The van der Waals surface area contributed by atoms with Crippen molar-refractivity contribution in [3.8, 4) is 0 Å². The van der Waals surface area contributed by atoms with Crippen LogP contribution >= 0.6 is 0 Å². The van der Waals surface area contributed by atoms with Crippen molar-refractivity contribution >= 4 is 11.9 Å². The number of nitrogens with zero attached hydrogens (tertiary/aromatic N) is 1. The molecule has 1 amide bonds. The smallest absolute Gasteiger partial charge is 0.303 e. The Labute approximate surface area is 115 Å². The third-order valence-corrected chi connectivity index (χ3v) is 3.67. The van der Waals surface area contributed by atoms with Gasteiger partial charge >= 0.3 is 5.97 Å². The molecule has 5 nitrogen and oxygen atoms in total. The van der Waals surface area contributed by atoms with Crippen LogP contribution in [0.3, 0.4) is 0 Å². The van der Waals surface area contributed by atoms with E-state index in [1.165, 1.54) is 0 Å². The van der Waals surface area contributed by atoms with Gasteiger partial charge in [-0.2, -0.15) is 0 Å². The molecule has 0 aromatic rings. The summed E-state index contributed by atoms with van der Waals surface area (Å²) in [4.78, 5) is 24.5. The second kappa shape index (κ2) is 8.15. The van der Waals surface area contributed by atoms with Crippen molar-refractivity contribution in [2.24, 2.45) is 0 Å². The fraction of sp³-hybridized carbons (Fsp3) is 0.857. The van der Waals surface area contributed by atoms with Crippen LogP contribution in [-0.4, -0.2) is 47.1 Å². The van der Waals surface area contributed by atoms with Crippen LogP contribution in [0.2, 0.25) is 0 Å². The number of rotatable bonds is 7. The third-order valence-electron chi connectivity index (χ3n) is 3.67. The number of carboxylic acid groups (broad SMARTS) is 1. The van der Waals surface area contributed by atoms with Gasteiger partial charge in [0, 0.05) is 38.0 Å². The Morgan fingerprint density at radius 2 is 1.79 bits per heavy atom. The van der Waals surface area contributed by atoms with Crippen LogP contribution in [0.5, 0.6) is 0 Å². The number of hydrogen-bond acceptors (Lipinski definition) is 3. The standard InChI is InChI=1S/C14H26N2O3/c1-11(2)16-9-7-12(8-10-16)15-13(17)5-3-4-6-14(18)19/h11-12H,3-10H2,1-2H3,(H,15,17)(H,18,19). The molecule has 0 saturated carbocycles. The van der Waals surface area contributed by atoms with Gasteiger partial charge in [-0.1, -0.05) is 0 Å². The monoisotopic (exact) mass is 270 g/mol. The van der Waals surface area contributed by atoms with Gasteiger partial charge in [-0.15, -0.1) is 0 Å². The molecular formula is C14H26N2O3. The Morgan fingerprint density at radius 3 is 2.32 bits per heavy atom. The number of aliphatic carboxylic acids is 1. The molecule has 1 heterocycles. The van der Waals surface area contributed by atoms with Crippen molar-refractivity contribution in [1.82, 2.24) is 10.2 Å². The first-order valence-electron chi connectivity index (χ1n) is 7.24. The molecule has 110 valence electrons. The maximum absolute atomic E-state index is 11.7. The van der Waals surface area contributed by atoms with Crippen LogP contribution in [0.15, 0.2) is 0 Å². The fourth-order valence-corrected chi connectivity index (χ4v) is 2.42. The highest BCUT2D eigenvalue weighted by molar-refractivity contribution is 5.76. The zero-order chi connectivity index (χ0) is 14.3. The summed E-state index contributed by atoms with van der Waals surface area (Å²) < 4.78 is 0. The molecule has 0 aromatic carbocycles. The summed E-state index contributed by atoms with van der Waals surface area (Å²) in [5.41, 5.74) is 0. The van der Waals surface area contributed by atoms with Crippen LogP contribution in [0.1, 0.15) is 52.4 Å². The lowest BCUT2D eigenvalue weighted by atomic mass is 10.0. The number of nitrogens with one attached hydrogen (secondary N) is 1. The third kappa shape index (κ3) is 6.57. The number of carbonyl (C=O) groups excluding carboxylic acids is 1. The number of piperidine rings is 1. The van der Waals surface area contributed by atoms with Crippen LogP contribution in [0.4, 0.5) is 0 Å². The molecular weight excluding hydrogens is 244 g/mol. The van der Waals surface area contributed by atoms with E-state index in [9.17, 15) is 9.59 Å². The van der Waals surface area contributed by atoms with Gasteiger partial charge in [-0.05, 0) is 39.5 Å². The molecule has 0 spiro atoms.